The number of nitrogens with one attached hydrogen (secondary N) is 1. The van der Waals surface area contributed by atoms with Gasteiger partial charge in [0.05, 0.1) is 17.0 Å². The van der Waals surface area contributed by atoms with E-state index in [-0.39, 0.29) is 23.2 Å². The largest absolute Gasteiger partial charge is 0.373 e. The molecule has 0 amide bonds. The Morgan fingerprint density at radius 2 is 1.86 bits per heavy atom. The minimum atomic E-state index is -0.662. The highest BCUT2D eigenvalue weighted by atomic mass is 19.1. The van der Waals surface area contributed by atoms with Crippen molar-refractivity contribution in [2.75, 3.05) is 5.32 Å². The molecule has 1 N–H and O–H groups in total. The van der Waals surface area contributed by atoms with Crippen molar-refractivity contribution in [2.45, 2.75) is 18.9 Å². The lowest BCUT2D eigenvalue weighted by atomic mass is 10.1. The molecule has 0 radical (unpaired) electrons. The predicted molar refractivity (Wildman–Crippen MR) is 74.1 cm³/mol. The van der Waals surface area contributed by atoms with Crippen molar-refractivity contribution in [3.63, 3.8) is 0 Å². The Morgan fingerprint density at radius 1 is 1.14 bits per heavy atom. The number of hydrogen-bond donors (Lipinski definition) is 1. The summed E-state index contributed by atoms with van der Waals surface area (Å²) in [6.07, 6.45) is 1.50. The number of fused-ring (bicyclic) bond motifs is 1. The molecular weight excluding hydrogens is 278 g/mol. The monoisotopic (exact) mass is 290 g/mol. The second-order valence-corrected chi connectivity index (χ2v) is 5.00. The van der Waals surface area contributed by atoms with Crippen LogP contribution in [0.2, 0.25) is 0 Å². The normalized spacial score (nSPS) is 16.6. The van der Waals surface area contributed by atoms with Gasteiger partial charge in [0.1, 0.15) is 17.3 Å². The van der Waals surface area contributed by atoms with E-state index in [4.69, 9.17) is 0 Å². The number of benzene rings is 2. The second-order valence-electron chi connectivity index (χ2n) is 5.00. The zero-order chi connectivity index (χ0) is 15.0. The van der Waals surface area contributed by atoms with Gasteiger partial charge in [-0.1, -0.05) is 6.07 Å². The Morgan fingerprint density at radius 3 is 2.62 bits per heavy atom. The van der Waals surface area contributed by atoms with Gasteiger partial charge in [-0.25, -0.2) is 8.78 Å². The fourth-order valence-electron chi connectivity index (χ4n) is 2.69. The summed E-state index contributed by atoms with van der Waals surface area (Å²) in [5, 5.41) is 14.0. The fraction of sp³-hybridized carbons (Fsp3) is 0.200. The van der Waals surface area contributed by atoms with E-state index in [9.17, 15) is 18.9 Å². The molecule has 21 heavy (non-hydrogen) atoms. The van der Waals surface area contributed by atoms with Gasteiger partial charge in [0.2, 0.25) is 0 Å². The van der Waals surface area contributed by atoms with E-state index in [0.717, 1.165) is 29.7 Å². The molecule has 3 rings (SSSR count). The molecule has 0 saturated heterocycles. The SMILES string of the molecule is O=[N+]([O-])c1cc(F)ccc1NC1CCc2ccc(F)cc21. The van der Waals surface area contributed by atoms with E-state index in [1.807, 2.05) is 0 Å². The average molecular weight is 290 g/mol. The maximum absolute atomic E-state index is 13.3. The molecule has 1 unspecified atom stereocenters. The maximum Gasteiger partial charge on any atom is 0.295 e. The number of nitrogens with zero attached hydrogens (tertiary/aromatic N) is 1. The summed E-state index contributed by atoms with van der Waals surface area (Å²) in [6.45, 7) is 0. The van der Waals surface area contributed by atoms with Gasteiger partial charge < -0.3 is 5.32 Å². The van der Waals surface area contributed by atoms with Crippen molar-refractivity contribution in [1.29, 1.82) is 0 Å². The van der Waals surface area contributed by atoms with E-state index >= 15 is 0 Å². The first-order chi connectivity index (χ1) is 10.0. The molecule has 0 heterocycles. The van der Waals surface area contributed by atoms with Crippen LogP contribution in [0.5, 0.6) is 0 Å². The van der Waals surface area contributed by atoms with Gasteiger partial charge in [-0.05, 0) is 48.2 Å². The summed E-state index contributed by atoms with van der Waals surface area (Å²) in [5.74, 6) is -0.999. The Kier molecular flexibility index (Phi) is 3.29. The van der Waals surface area contributed by atoms with Gasteiger partial charge in [-0.3, -0.25) is 10.1 Å². The molecule has 1 aliphatic rings. The summed E-state index contributed by atoms with van der Waals surface area (Å²) in [7, 11) is 0. The van der Waals surface area contributed by atoms with Crippen LogP contribution in [-0.2, 0) is 6.42 Å². The number of nitro groups is 1. The number of rotatable bonds is 3. The molecule has 108 valence electrons. The topological polar surface area (TPSA) is 55.2 Å². The minimum absolute atomic E-state index is 0.208. The highest BCUT2D eigenvalue weighted by Gasteiger charge is 2.25. The summed E-state index contributed by atoms with van der Waals surface area (Å²) in [4.78, 5) is 10.4. The van der Waals surface area contributed by atoms with Crippen molar-refractivity contribution < 1.29 is 13.7 Å². The predicted octanol–water partition coefficient (Wildman–Crippen LogP) is 3.97. The van der Waals surface area contributed by atoms with Crippen molar-refractivity contribution >= 4 is 11.4 Å². The first-order valence-corrected chi connectivity index (χ1v) is 6.53. The third kappa shape index (κ3) is 2.56. The van der Waals surface area contributed by atoms with Gasteiger partial charge in [-0.15, -0.1) is 0 Å². The van der Waals surface area contributed by atoms with Gasteiger partial charge in [0.25, 0.3) is 5.69 Å². The third-order valence-electron chi connectivity index (χ3n) is 3.67. The zero-order valence-electron chi connectivity index (χ0n) is 11.0. The summed E-state index contributed by atoms with van der Waals surface area (Å²) in [5.41, 5.74) is 1.75. The molecule has 0 bridgehead atoms. The lowest BCUT2D eigenvalue weighted by molar-refractivity contribution is -0.384. The van der Waals surface area contributed by atoms with Crippen LogP contribution < -0.4 is 5.32 Å². The number of aryl methyl sites for hydroxylation is 1. The van der Waals surface area contributed by atoms with Gasteiger partial charge >= 0.3 is 0 Å². The molecule has 4 nitrogen and oxygen atoms in total. The highest BCUT2D eigenvalue weighted by Crippen LogP contribution is 2.36. The molecule has 0 saturated carbocycles. The smallest absolute Gasteiger partial charge is 0.295 e. The van der Waals surface area contributed by atoms with E-state index in [2.05, 4.69) is 5.32 Å². The molecule has 0 aromatic heterocycles. The quantitative estimate of drug-likeness (QED) is 0.687. The Bertz CT molecular complexity index is 719. The molecular formula is C15H12F2N2O2. The Labute approximate surface area is 119 Å². The number of nitro benzene ring substituents is 1. The number of anilines is 1. The van der Waals surface area contributed by atoms with Crippen molar-refractivity contribution in [1.82, 2.24) is 0 Å². The highest BCUT2D eigenvalue weighted by molar-refractivity contribution is 5.63. The zero-order valence-corrected chi connectivity index (χ0v) is 11.0. The molecule has 0 fully saturated rings. The second kappa shape index (κ2) is 5.12. The maximum atomic E-state index is 13.3. The average Bonchev–Trinajstić information content (AvgIpc) is 2.83. The van der Waals surface area contributed by atoms with E-state index in [0.29, 0.717) is 6.42 Å². The Hall–Kier alpha value is -2.50. The van der Waals surface area contributed by atoms with Crippen LogP contribution in [0.25, 0.3) is 0 Å². The van der Waals surface area contributed by atoms with Crippen LogP contribution >= 0.6 is 0 Å². The van der Waals surface area contributed by atoms with Crippen LogP contribution in [0.4, 0.5) is 20.2 Å². The van der Waals surface area contributed by atoms with Gasteiger partial charge in [-0.2, -0.15) is 0 Å². The molecule has 2 aromatic rings. The standard InChI is InChI=1S/C15H12F2N2O2/c16-10-3-1-9-2-5-13(12(9)7-10)18-14-6-4-11(17)8-15(14)19(20)21/h1,3-4,6-8,13,18H,2,5H2. The first kappa shape index (κ1) is 13.5. The lowest BCUT2D eigenvalue weighted by Gasteiger charge is -2.15. The fourth-order valence-corrected chi connectivity index (χ4v) is 2.69. The van der Waals surface area contributed by atoms with Crippen molar-refractivity contribution in [3.05, 3.63) is 69.3 Å². The van der Waals surface area contributed by atoms with Crippen molar-refractivity contribution in [3.8, 4) is 0 Å². The van der Waals surface area contributed by atoms with Crippen LogP contribution in [0.1, 0.15) is 23.6 Å². The number of hydrogen-bond acceptors (Lipinski definition) is 3. The lowest BCUT2D eigenvalue weighted by Crippen LogP contribution is -2.09. The van der Waals surface area contributed by atoms with Gasteiger partial charge in [0, 0.05) is 0 Å². The van der Waals surface area contributed by atoms with Crippen molar-refractivity contribution in [2.24, 2.45) is 0 Å². The minimum Gasteiger partial charge on any atom is -0.373 e. The molecule has 1 atom stereocenters. The van der Waals surface area contributed by atoms with E-state index in [1.54, 1.807) is 6.07 Å². The molecule has 0 aliphatic heterocycles. The van der Waals surface area contributed by atoms with Gasteiger partial charge in [0.15, 0.2) is 0 Å². The first-order valence-electron chi connectivity index (χ1n) is 6.53. The molecule has 1 aliphatic carbocycles. The summed E-state index contributed by atoms with van der Waals surface area (Å²) < 4.78 is 26.5. The molecule has 6 heteroatoms. The molecule has 2 aromatic carbocycles. The number of halogens is 2. The van der Waals surface area contributed by atoms with Crippen LogP contribution in [-0.4, -0.2) is 4.92 Å². The Balaban J connectivity index is 1.93. The third-order valence-corrected chi connectivity index (χ3v) is 3.67. The van der Waals surface area contributed by atoms with Crippen LogP contribution in [0, 0.1) is 21.7 Å². The van der Waals surface area contributed by atoms with E-state index in [1.165, 1.54) is 18.2 Å². The van der Waals surface area contributed by atoms with E-state index < -0.39 is 10.7 Å². The molecule has 0 spiro atoms. The van der Waals surface area contributed by atoms with Crippen LogP contribution in [0.15, 0.2) is 36.4 Å². The van der Waals surface area contributed by atoms with Crippen LogP contribution in [0.3, 0.4) is 0 Å². The summed E-state index contributed by atoms with van der Waals surface area (Å²) in [6, 6.07) is 7.74. The summed E-state index contributed by atoms with van der Waals surface area (Å²) >= 11 is 0.